The maximum atomic E-state index is 12.9. The van der Waals surface area contributed by atoms with Gasteiger partial charge in [-0.25, -0.2) is 4.98 Å². The van der Waals surface area contributed by atoms with Crippen molar-refractivity contribution in [3.63, 3.8) is 0 Å². The van der Waals surface area contributed by atoms with Crippen LogP contribution in [0.3, 0.4) is 0 Å². The molecule has 158 valence electrons. The predicted molar refractivity (Wildman–Crippen MR) is 113 cm³/mol. The highest BCUT2D eigenvalue weighted by Gasteiger charge is 2.22. The summed E-state index contributed by atoms with van der Waals surface area (Å²) in [5.74, 6) is 1.92. The molecule has 1 fully saturated rings. The third kappa shape index (κ3) is 3.64. The molecule has 1 aliphatic rings. The van der Waals surface area contributed by atoms with E-state index in [0.717, 1.165) is 18.6 Å². The van der Waals surface area contributed by atoms with E-state index in [4.69, 9.17) is 19.2 Å². The highest BCUT2D eigenvalue weighted by atomic mass is 16.5. The number of ether oxygens (including phenoxy) is 3. The molecule has 1 unspecified atom stereocenters. The minimum Gasteiger partial charge on any atom is -0.493 e. The number of nitrogens with zero attached hydrogens (tertiary/aromatic N) is 1. The van der Waals surface area contributed by atoms with Gasteiger partial charge in [0, 0.05) is 19.6 Å². The van der Waals surface area contributed by atoms with Crippen LogP contribution in [0.4, 0.5) is 0 Å². The molecule has 1 amide bonds. The number of H-pyrrole nitrogens is 1. The van der Waals surface area contributed by atoms with Crippen molar-refractivity contribution < 1.29 is 19.0 Å². The number of amides is 1. The smallest absolute Gasteiger partial charge is 0.254 e. The van der Waals surface area contributed by atoms with E-state index in [1.807, 2.05) is 18.2 Å². The predicted octanol–water partition coefficient (Wildman–Crippen LogP) is 1.50. The lowest BCUT2D eigenvalue weighted by Gasteiger charge is -2.25. The summed E-state index contributed by atoms with van der Waals surface area (Å²) in [4.78, 5) is 20.9. The monoisotopic (exact) mass is 411 g/mol. The highest BCUT2D eigenvalue weighted by molar-refractivity contribution is 6.05. The average molecular weight is 411 g/mol. The van der Waals surface area contributed by atoms with E-state index in [-0.39, 0.29) is 12.1 Å². The first kappa shape index (κ1) is 20.0. The molecule has 1 aromatic heterocycles. The summed E-state index contributed by atoms with van der Waals surface area (Å²) in [6.07, 6.45) is -0.120. The van der Waals surface area contributed by atoms with Gasteiger partial charge in [0.05, 0.1) is 44.1 Å². The number of carbonyl (C=O) groups is 1. The molecule has 2 aromatic carbocycles. The van der Waals surface area contributed by atoms with Crippen LogP contribution in [0, 0.1) is 0 Å². The third-order valence-corrected chi connectivity index (χ3v) is 5.06. The van der Waals surface area contributed by atoms with Gasteiger partial charge in [0.1, 0.15) is 11.3 Å². The largest absolute Gasteiger partial charge is 0.493 e. The lowest BCUT2D eigenvalue weighted by Crippen LogP contribution is -2.57. The lowest BCUT2D eigenvalue weighted by atomic mass is 10.1. The van der Waals surface area contributed by atoms with E-state index in [1.54, 1.807) is 33.5 Å². The zero-order valence-corrected chi connectivity index (χ0v) is 17.2. The molecule has 3 aromatic rings. The van der Waals surface area contributed by atoms with Crippen molar-refractivity contribution in [2.75, 3.05) is 41.0 Å². The Morgan fingerprint density at radius 2 is 1.90 bits per heavy atom. The van der Waals surface area contributed by atoms with Crippen LogP contribution >= 0.6 is 0 Å². The van der Waals surface area contributed by atoms with Gasteiger partial charge in [-0.05, 0) is 24.3 Å². The van der Waals surface area contributed by atoms with Gasteiger partial charge in [0.2, 0.25) is 5.75 Å². The summed E-state index contributed by atoms with van der Waals surface area (Å²) in [6.45, 7) is 2.37. The Kier molecular flexibility index (Phi) is 5.73. The Morgan fingerprint density at radius 3 is 2.60 bits per heavy atom. The molecule has 2 heterocycles. The molecule has 30 heavy (non-hydrogen) atoms. The molecular weight excluding hydrogens is 386 g/mol. The average Bonchev–Trinajstić information content (AvgIpc) is 3.22. The number of imidazole rings is 1. The maximum Gasteiger partial charge on any atom is 0.254 e. The Morgan fingerprint density at radius 1 is 1.07 bits per heavy atom. The molecule has 0 saturated carbocycles. The Hall–Kier alpha value is -3.30. The first-order valence-corrected chi connectivity index (χ1v) is 9.69. The van der Waals surface area contributed by atoms with Crippen molar-refractivity contribution in [3.8, 4) is 28.6 Å². The topological polar surface area (TPSA) is 110 Å². The van der Waals surface area contributed by atoms with Crippen molar-refractivity contribution in [2.45, 2.75) is 6.17 Å². The number of carbonyl (C=O) groups excluding carboxylic acids is 1. The first-order chi connectivity index (χ1) is 14.7. The van der Waals surface area contributed by atoms with Crippen LogP contribution in [0.15, 0.2) is 30.3 Å². The first-order valence-electron chi connectivity index (χ1n) is 9.69. The SMILES string of the molecule is COc1ccc(-c2nc3c(C(=O)NC4CNCCN4)cccc3[nH]2)c(OC)c1OC. The number of piperazine rings is 1. The van der Waals surface area contributed by atoms with E-state index in [9.17, 15) is 4.79 Å². The Bertz CT molecular complexity index is 1060. The Labute approximate surface area is 174 Å². The Balaban J connectivity index is 1.73. The van der Waals surface area contributed by atoms with Gasteiger partial charge in [0.15, 0.2) is 11.5 Å². The number of hydrogen-bond acceptors (Lipinski definition) is 7. The van der Waals surface area contributed by atoms with Crippen LogP contribution in [0.5, 0.6) is 17.2 Å². The number of fused-ring (bicyclic) bond motifs is 1. The van der Waals surface area contributed by atoms with Crippen LogP contribution in [0.1, 0.15) is 10.4 Å². The van der Waals surface area contributed by atoms with Crippen molar-refractivity contribution in [3.05, 3.63) is 35.9 Å². The fraction of sp³-hybridized carbons (Fsp3) is 0.333. The molecule has 9 nitrogen and oxygen atoms in total. The highest BCUT2D eigenvalue weighted by Crippen LogP contribution is 2.43. The minimum atomic E-state index is -0.181. The second-order valence-corrected chi connectivity index (χ2v) is 6.85. The van der Waals surface area contributed by atoms with Gasteiger partial charge in [0.25, 0.3) is 5.91 Å². The van der Waals surface area contributed by atoms with Crippen molar-refractivity contribution in [2.24, 2.45) is 0 Å². The van der Waals surface area contributed by atoms with Crippen LogP contribution < -0.4 is 30.2 Å². The molecule has 4 N–H and O–H groups in total. The summed E-state index contributed by atoms with van der Waals surface area (Å²) in [5.41, 5.74) is 2.55. The summed E-state index contributed by atoms with van der Waals surface area (Å²) in [7, 11) is 4.69. The summed E-state index contributed by atoms with van der Waals surface area (Å²) in [5, 5.41) is 9.53. The standard InChI is InChI=1S/C21H25N5O4/c1-28-15-8-7-13(18(29-2)19(15)30-3)20-24-14-6-4-5-12(17(14)26-20)21(27)25-16-11-22-9-10-23-16/h4-8,16,22-23H,9-11H2,1-3H3,(H,24,26)(H,25,27). The number of para-hydroxylation sites is 1. The number of nitrogens with one attached hydrogen (secondary N) is 4. The van der Waals surface area contributed by atoms with Crippen LogP contribution in [0.25, 0.3) is 22.4 Å². The summed E-state index contributed by atoms with van der Waals surface area (Å²) < 4.78 is 16.4. The van der Waals surface area contributed by atoms with E-state index in [1.165, 1.54) is 0 Å². The van der Waals surface area contributed by atoms with Gasteiger partial charge in [-0.1, -0.05) is 6.07 Å². The molecule has 9 heteroatoms. The zero-order chi connectivity index (χ0) is 21.1. The fourth-order valence-corrected chi connectivity index (χ4v) is 3.62. The lowest BCUT2D eigenvalue weighted by molar-refractivity contribution is 0.0926. The number of aromatic amines is 1. The number of methoxy groups -OCH3 is 3. The van der Waals surface area contributed by atoms with E-state index < -0.39 is 0 Å². The van der Waals surface area contributed by atoms with Gasteiger partial charge < -0.3 is 29.8 Å². The maximum absolute atomic E-state index is 12.9. The molecule has 0 aliphatic carbocycles. The number of aromatic nitrogens is 2. The zero-order valence-electron chi connectivity index (χ0n) is 17.2. The van der Waals surface area contributed by atoms with Crippen LogP contribution in [0.2, 0.25) is 0 Å². The van der Waals surface area contributed by atoms with Gasteiger partial charge in [-0.15, -0.1) is 0 Å². The normalized spacial score (nSPS) is 16.3. The van der Waals surface area contributed by atoms with E-state index >= 15 is 0 Å². The van der Waals surface area contributed by atoms with E-state index in [0.29, 0.717) is 46.3 Å². The van der Waals surface area contributed by atoms with Crippen molar-refractivity contribution >= 4 is 16.9 Å². The third-order valence-electron chi connectivity index (χ3n) is 5.06. The summed E-state index contributed by atoms with van der Waals surface area (Å²) >= 11 is 0. The van der Waals surface area contributed by atoms with Crippen molar-refractivity contribution in [1.82, 2.24) is 25.9 Å². The number of hydrogen-bond donors (Lipinski definition) is 4. The molecule has 1 saturated heterocycles. The second kappa shape index (κ2) is 8.60. The van der Waals surface area contributed by atoms with E-state index in [2.05, 4.69) is 20.9 Å². The second-order valence-electron chi connectivity index (χ2n) is 6.85. The van der Waals surface area contributed by atoms with Crippen molar-refractivity contribution in [1.29, 1.82) is 0 Å². The van der Waals surface area contributed by atoms with Gasteiger partial charge in [-0.3, -0.25) is 10.1 Å². The number of rotatable bonds is 6. The molecule has 0 bridgehead atoms. The fourth-order valence-electron chi connectivity index (χ4n) is 3.62. The molecule has 1 aliphatic heterocycles. The molecule has 1 atom stereocenters. The van der Waals surface area contributed by atoms with Gasteiger partial charge in [-0.2, -0.15) is 0 Å². The molecular formula is C21H25N5O4. The minimum absolute atomic E-state index is 0.120. The van der Waals surface area contributed by atoms with Crippen LogP contribution in [-0.4, -0.2) is 63.0 Å². The summed E-state index contributed by atoms with van der Waals surface area (Å²) in [6, 6.07) is 9.12. The quantitative estimate of drug-likeness (QED) is 0.487. The molecule has 0 spiro atoms. The van der Waals surface area contributed by atoms with Crippen LogP contribution in [-0.2, 0) is 0 Å². The number of benzene rings is 2. The molecule has 0 radical (unpaired) electrons. The van der Waals surface area contributed by atoms with Gasteiger partial charge >= 0.3 is 0 Å². The molecule has 4 rings (SSSR count).